The number of nitrogens with zero attached hydrogens (tertiary/aromatic N) is 8. The Kier molecular flexibility index (Phi) is 16.8. The summed E-state index contributed by atoms with van der Waals surface area (Å²) in [6, 6.07) is 71.0. The van der Waals surface area contributed by atoms with Gasteiger partial charge in [0.05, 0.1) is 67.7 Å². The van der Waals surface area contributed by atoms with Gasteiger partial charge in [-0.05, 0) is 136 Å². The molecule has 6 heterocycles. The van der Waals surface area contributed by atoms with Crippen molar-refractivity contribution in [2.45, 2.75) is 78.6 Å². The van der Waals surface area contributed by atoms with Crippen LogP contribution in [0, 0.1) is 36.9 Å². The van der Waals surface area contributed by atoms with Crippen molar-refractivity contribution in [3.8, 4) is 124 Å². The minimum absolute atomic E-state index is 0. The molecule has 0 bridgehead atoms. The Balaban J connectivity index is 0.000000193. The van der Waals surface area contributed by atoms with Crippen LogP contribution in [0.2, 0.25) is 0 Å². The SMILES string of the molecule is [2H]c1c([2H])c([2H])c(-c2cc3c4ccccc4n(-c4cc(C(C)(C)C)ccn4)c3[c-]c2Oc2[c-]c(-n3[c-][n+](-c4c(-c5c([2H])c([2H])c([2H])c([2H])c5[2H])cccc4-c4c([2H])c([2H])c([2H])c([2H])c4[2H])c4ccccc43)ccc2)c([2H])c1[2H].[2H]c1c([2H])c([2H])c(-c2cccc(-c3c([2H])c([2H])c([2H])c([2H])c3[2H])c2-[n+]2[c-]n(-c3[c-]c(Oc4[c-]c5c(cc4-c4ccc(C(C)(C)C)cc4)c4ccccc4n5-c4cc(C(C)(C)C)ccn4)ccc3)c3ccccc32)c([2H])c1[2H].[Pt].[Pt]. The fraction of sp³-hybridized carbons (Fsp3) is 0.100. The third-order valence-electron chi connectivity index (χ3n) is 23.0. The van der Waals surface area contributed by atoms with Gasteiger partial charge in [0.15, 0.2) is 0 Å². The van der Waals surface area contributed by atoms with E-state index in [1.807, 2.05) is 108 Å². The summed E-state index contributed by atoms with van der Waals surface area (Å²) in [5.41, 5.74) is 10.5. The van der Waals surface area contributed by atoms with Crippen LogP contribution in [0.25, 0.3) is 167 Å². The van der Waals surface area contributed by atoms with Gasteiger partial charge >= 0.3 is 0 Å². The maximum Gasteiger partial charge on any atom is 0.268 e. The molecular weight excluding hydrogens is 1980 g/mol. The Morgan fingerprint density at radius 1 is 0.295 bits per heavy atom. The summed E-state index contributed by atoms with van der Waals surface area (Å²) in [6.45, 7) is 19.4. The van der Waals surface area contributed by atoms with Crippen molar-refractivity contribution in [1.82, 2.24) is 28.2 Å². The number of fused-ring (bicyclic) bond motifs is 8. The molecule has 0 unspecified atom stereocenters. The molecule has 132 heavy (non-hydrogen) atoms. The van der Waals surface area contributed by atoms with Gasteiger partial charge in [-0.15, -0.1) is 47.2 Å². The summed E-state index contributed by atoms with van der Waals surface area (Å²) < 4.78 is 243. The zero-order valence-electron chi connectivity index (χ0n) is 97.6. The van der Waals surface area contributed by atoms with Crippen LogP contribution in [0.4, 0.5) is 0 Å². The molecule has 0 radical (unpaired) electrons. The van der Waals surface area contributed by atoms with Crippen LogP contribution in [-0.2, 0) is 58.4 Å². The Morgan fingerprint density at radius 3 is 0.985 bits per heavy atom. The molecule has 0 aliphatic rings. The molecule has 0 aliphatic carbocycles. The Morgan fingerprint density at radius 2 is 0.621 bits per heavy atom. The number of imidazole rings is 2. The van der Waals surface area contributed by atoms with Crippen LogP contribution in [0.5, 0.6) is 23.0 Å². The average Bonchev–Trinajstić information content (AvgIpc) is 1.34. The van der Waals surface area contributed by atoms with E-state index < -0.39 is 151 Å². The minimum atomic E-state index is -0.617. The van der Waals surface area contributed by atoms with Gasteiger partial charge in [-0.1, -0.05) is 392 Å². The van der Waals surface area contributed by atoms with Gasteiger partial charge in [0.25, 0.3) is 12.7 Å². The van der Waals surface area contributed by atoms with Crippen LogP contribution in [0.15, 0.2) is 394 Å². The molecule has 0 amide bonds. The number of hydrogen-bond acceptors (Lipinski definition) is 4. The maximum absolute atomic E-state index is 9.12. The number of benzene rings is 16. The van der Waals surface area contributed by atoms with Gasteiger partial charge in [0.2, 0.25) is 0 Å². The largest absolute Gasteiger partial charge is 0.509 e. The van der Waals surface area contributed by atoms with Crippen LogP contribution in [-0.4, -0.2) is 28.2 Å². The molecular formula is C120H92N8O2Pt2-4. The molecule has 10 nitrogen and oxygen atoms in total. The standard InChI is InChI=1S/C62H50N4O.C58H42N4O.2Pt/c1-61(2,3)45-33-31-44(32-34-45)52-39-53-51-25-13-14-28-54(51)66(59-37-46(35-36-63-59)62(4,5)6)57(53)40-58(52)67-48-24-17-23-47(38-48)64-41-65(56-30-16-15-29-55(56)64)60-49(42-19-9-7-10-20-42)26-18-27-50(60)43-21-11-8-12-22-43;1-58(2,3)43-33-34-59-56(35-43)62-51-30-14-13-27-48(51)50-37-49(42-23-11-6-12-24-42)55(38-54(50)62)63-45-26-17-25-44(36-45)60-39-61(53-32-16-15-31-52(53)60)57-46(40-19-7-4-8-20-40)28-18-29-47(57)41-21-9-5-10-22-41;;/h7-37,39H,1-6H3;4-35,37H,1-3H3;;/q2*-2;;/i7D,8D,9D,10D,11D,12D,19D,20D,21D,22D;4D,5D,6D,7D,8D,9D,10D,11D,12D,19D,20D,21D,22D,23D,24D;;. The van der Waals surface area contributed by atoms with Crippen LogP contribution < -0.4 is 18.6 Å². The number of rotatable bonds is 16. The molecule has 648 valence electrons. The van der Waals surface area contributed by atoms with Crippen molar-refractivity contribution in [1.29, 1.82) is 0 Å². The summed E-state index contributed by atoms with van der Waals surface area (Å²) in [6.07, 6.45) is 10.4. The minimum Gasteiger partial charge on any atom is -0.509 e. The maximum atomic E-state index is 9.12. The van der Waals surface area contributed by atoms with Crippen molar-refractivity contribution in [3.63, 3.8) is 0 Å². The van der Waals surface area contributed by atoms with E-state index in [9.17, 15) is 0 Å². The smallest absolute Gasteiger partial charge is 0.268 e. The summed E-state index contributed by atoms with van der Waals surface area (Å²) >= 11 is 0. The van der Waals surface area contributed by atoms with Gasteiger partial charge in [-0.2, -0.15) is 36.4 Å². The molecule has 0 atom stereocenters. The van der Waals surface area contributed by atoms with Crippen LogP contribution >= 0.6 is 0 Å². The van der Waals surface area contributed by atoms with E-state index >= 15 is 0 Å². The zero-order valence-corrected chi connectivity index (χ0v) is 77.2. The van der Waals surface area contributed by atoms with E-state index in [1.54, 1.807) is 91.2 Å². The topological polar surface area (TPSA) is 71.7 Å². The van der Waals surface area contributed by atoms with Gasteiger partial charge in [-0.25, -0.2) is 9.97 Å². The number of ether oxygens (including phenoxy) is 2. The van der Waals surface area contributed by atoms with Crippen molar-refractivity contribution in [2.24, 2.45) is 0 Å². The molecule has 0 fully saturated rings. The summed E-state index contributed by atoms with van der Waals surface area (Å²) in [7, 11) is 0. The summed E-state index contributed by atoms with van der Waals surface area (Å²) in [5, 5.41) is 3.42. The molecule has 6 aromatic heterocycles. The van der Waals surface area contributed by atoms with Gasteiger partial charge in [0.1, 0.15) is 11.6 Å². The van der Waals surface area contributed by atoms with Crippen molar-refractivity contribution in [2.75, 3.05) is 0 Å². The third-order valence-corrected chi connectivity index (χ3v) is 23.0. The first kappa shape index (κ1) is 61.8. The van der Waals surface area contributed by atoms with E-state index in [1.165, 1.54) is 23.8 Å². The number of hydrogen-bond donors (Lipinski definition) is 0. The molecule has 12 heteroatoms. The van der Waals surface area contributed by atoms with Gasteiger partial charge in [0, 0.05) is 88.6 Å². The first-order valence-electron chi connectivity index (χ1n) is 54.7. The monoisotopic (exact) mass is 2090 g/mol. The van der Waals surface area contributed by atoms with E-state index in [4.69, 9.17) is 53.7 Å². The first-order valence-corrected chi connectivity index (χ1v) is 42.2. The van der Waals surface area contributed by atoms with Crippen LogP contribution in [0.1, 0.15) is 113 Å². The Hall–Kier alpha value is -14.7. The molecule has 0 saturated carbocycles. The van der Waals surface area contributed by atoms with Crippen molar-refractivity contribution in [3.05, 3.63) is 448 Å². The predicted octanol–water partition coefficient (Wildman–Crippen LogP) is 29.1. The van der Waals surface area contributed by atoms with Gasteiger partial charge in [-0.3, -0.25) is 9.13 Å². The van der Waals surface area contributed by atoms with E-state index in [0.717, 1.165) is 60.8 Å². The summed E-state index contributed by atoms with van der Waals surface area (Å²) in [4.78, 5) is 9.70. The number of para-hydroxylation sites is 8. The molecule has 16 aromatic carbocycles. The fourth-order valence-corrected chi connectivity index (χ4v) is 16.6. The molecule has 0 aliphatic heterocycles. The van der Waals surface area contributed by atoms with E-state index in [2.05, 4.69) is 152 Å². The molecule has 22 rings (SSSR count). The molecule has 22 aromatic rings. The number of aromatic nitrogens is 8. The quantitative estimate of drug-likeness (QED) is 0.0714. The molecule has 0 N–H and O–H groups in total. The van der Waals surface area contributed by atoms with Crippen molar-refractivity contribution < 1.29 is 95.0 Å². The second kappa shape index (κ2) is 36.0. The summed E-state index contributed by atoms with van der Waals surface area (Å²) in [5.74, 6) is 2.22. The Labute approximate surface area is 834 Å². The normalized spacial score (nSPS) is 14.4. The zero-order chi connectivity index (χ0) is 110. The second-order valence-corrected chi connectivity index (χ2v) is 34.3. The molecule has 0 spiro atoms. The fourth-order valence-electron chi connectivity index (χ4n) is 16.6. The van der Waals surface area contributed by atoms with Crippen LogP contribution in [0.3, 0.4) is 0 Å². The predicted molar refractivity (Wildman–Crippen MR) is 529 cm³/mol. The van der Waals surface area contributed by atoms with Gasteiger partial charge < -0.3 is 27.7 Å². The second-order valence-electron chi connectivity index (χ2n) is 34.3. The third kappa shape index (κ3) is 16.6. The van der Waals surface area contributed by atoms with E-state index in [0.29, 0.717) is 61.7 Å². The van der Waals surface area contributed by atoms with E-state index in [-0.39, 0.29) is 137 Å². The number of pyridine rings is 2. The average molecular weight is 2090 g/mol. The molecule has 0 saturated heterocycles. The van der Waals surface area contributed by atoms with Crippen molar-refractivity contribution >= 4 is 65.7 Å². The Bertz CT molecular complexity index is 9390. The first-order chi connectivity index (χ1) is 73.7.